The number of nitrogens with one attached hydrogen (secondary N) is 1. The van der Waals surface area contributed by atoms with Crippen molar-refractivity contribution in [2.75, 3.05) is 12.4 Å². The van der Waals surface area contributed by atoms with E-state index >= 15 is 0 Å². The van der Waals surface area contributed by atoms with E-state index in [1.165, 1.54) is 7.11 Å². The zero-order valence-electron chi connectivity index (χ0n) is 18.6. The molecule has 0 aliphatic rings. The van der Waals surface area contributed by atoms with E-state index in [1.807, 2.05) is 44.2 Å². The molecule has 6 nitrogen and oxygen atoms in total. The number of anilines is 1. The van der Waals surface area contributed by atoms with Crippen molar-refractivity contribution in [1.29, 1.82) is 0 Å². The largest absolute Gasteiger partial charge is 0.465 e. The molecule has 30 heavy (non-hydrogen) atoms. The van der Waals surface area contributed by atoms with Gasteiger partial charge in [-0.05, 0) is 48.2 Å². The van der Waals surface area contributed by atoms with Crippen LogP contribution in [0.1, 0.15) is 56.1 Å². The van der Waals surface area contributed by atoms with Gasteiger partial charge in [-0.3, -0.25) is 5.32 Å². The van der Waals surface area contributed by atoms with Crippen LogP contribution in [0.3, 0.4) is 0 Å². The van der Waals surface area contributed by atoms with Crippen molar-refractivity contribution in [3.63, 3.8) is 0 Å². The lowest BCUT2D eigenvalue weighted by atomic mass is 9.95. The second-order valence-corrected chi connectivity index (χ2v) is 11.5. The Kier molecular flexibility index (Phi) is 7.81. The van der Waals surface area contributed by atoms with Crippen LogP contribution >= 0.6 is 0 Å². The molecule has 2 aromatic rings. The monoisotopic (exact) mass is 429 g/mol. The van der Waals surface area contributed by atoms with Gasteiger partial charge in [-0.2, -0.15) is 0 Å². The van der Waals surface area contributed by atoms with Crippen molar-refractivity contribution in [3.8, 4) is 0 Å². The summed E-state index contributed by atoms with van der Waals surface area (Å²) in [7, 11) is 0.488. The molecule has 162 valence electrons. The van der Waals surface area contributed by atoms with Crippen LogP contribution in [-0.4, -0.2) is 28.9 Å². The Bertz CT molecular complexity index is 875. The van der Waals surface area contributed by atoms with Gasteiger partial charge in [0.05, 0.1) is 18.3 Å². The molecule has 0 atom stereocenters. The highest BCUT2D eigenvalue weighted by Gasteiger charge is 2.26. The lowest BCUT2D eigenvalue weighted by Gasteiger charge is -2.31. The molecule has 0 unspecified atom stereocenters. The number of amides is 1. The summed E-state index contributed by atoms with van der Waals surface area (Å²) in [6.07, 6.45) is -0.602. The lowest BCUT2D eigenvalue weighted by Crippen LogP contribution is -2.28. The van der Waals surface area contributed by atoms with E-state index in [2.05, 4.69) is 26.1 Å². The minimum atomic E-state index is -0.836. The maximum Gasteiger partial charge on any atom is 0.411 e. The van der Waals surface area contributed by atoms with E-state index in [1.54, 1.807) is 18.2 Å². The standard InChI is InChI=1S/C23H31NO5Si/c1-22(2,3)30-29-23(4,5)18-12-17(20(25)27-6)13-19(14-18)24-21(26)28-15-16-10-8-7-9-11-16/h7-14H,15,30H2,1-6H3,(H,24,26). The van der Waals surface area contributed by atoms with E-state index in [4.69, 9.17) is 13.9 Å². The molecular weight excluding hydrogens is 398 g/mol. The predicted octanol–water partition coefficient (Wildman–Crippen LogP) is 4.78. The Hall–Kier alpha value is -2.64. The normalized spacial score (nSPS) is 12.1. The molecule has 0 bridgehead atoms. The number of carbonyl (C=O) groups is 2. The van der Waals surface area contributed by atoms with Gasteiger partial charge in [-0.15, -0.1) is 0 Å². The zero-order valence-corrected chi connectivity index (χ0v) is 20.0. The van der Waals surface area contributed by atoms with Crippen LogP contribution in [0, 0.1) is 0 Å². The highest BCUT2D eigenvalue weighted by atomic mass is 28.2. The summed E-state index contributed by atoms with van der Waals surface area (Å²) < 4.78 is 16.4. The van der Waals surface area contributed by atoms with Gasteiger partial charge in [-0.1, -0.05) is 51.1 Å². The lowest BCUT2D eigenvalue weighted by molar-refractivity contribution is 0.0599. The summed E-state index contributed by atoms with van der Waals surface area (Å²) in [4.78, 5) is 24.4. The first-order valence-corrected chi connectivity index (χ1v) is 11.1. The molecule has 0 aliphatic carbocycles. The Morgan fingerprint density at radius 2 is 1.67 bits per heavy atom. The third kappa shape index (κ3) is 7.31. The van der Waals surface area contributed by atoms with Crippen molar-refractivity contribution in [2.45, 2.75) is 51.9 Å². The summed E-state index contributed by atoms with van der Waals surface area (Å²) in [5.74, 6) is -0.485. The summed E-state index contributed by atoms with van der Waals surface area (Å²) in [5, 5.41) is 2.83. The van der Waals surface area contributed by atoms with Crippen LogP contribution in [0.15, 0.2) is 48.5 Å². The van der Waals surface area contributed by atoms with E-state index in [9.17, 15) is 9.59 Å². The third-order valence-corrected chi connectivity index (χ3v) is 6.11. The van der Waals surface area contributed by atoms with Crippen LogP contribution in [0.4, 0.5) is 10.5 Å². The van der Waals surface area contributed by atoms with Gasteiger partial charge >= 0.3 is 12.1 Å². The van der Waals surface area contributed by atoms with Gasteiger partial charge in [0.25, 0.3) is 0 Å². The molecule has 0 radical (unpaired) electrons. The minimum absolute atomic E-state index is 0.125. The zero-order chi connectivity index (χ0) is 22.4. The molecule has 0 fully saturated rings. The number of hydrogen-bond donors (Lipinski definition) is 1. The van der Waals surface area contributed by atoms with Gasteiger partial charge in [0.1, 0.15) is 6.61 Å². The Labute approximate surface area is 180 Å². The Balaban J connectivity index is 2.20. The van der Waals surface area contributed by atoms with E-state index in [0.717, 1.165) is 11.1 Å². The Morgan fingerprint density at radius 3 is 2.27 bits per heavy atom. The molecule has 2 aromatic carbocycles. The van der Waals surface area contributed by atoms with E-state index in [0.29, 0.717) is 11.3 Å². The molecule has 0 aromatic heterocycles. The van der Waals surface area contributed by atoms with Gasteiger partial charge < -0.3 is 13.9 Å². The quantitative estimate of drug-likeness (QED) is 0.507. The number of rotatable bonds is 7. The molecule has 0 saturated carbocycles. The summed E-state index contributed by atoms with van der Waals surface area (Å²) in [6.45, 7) is 10.5. The second-order valence-electron chi connectivity index (χ2n) is 8.84. The topological polar surface area (TPSA) is 73.9 Å². The number of methoxy groups -OCH3 is 1. The molecule has 1 amide bonds. The van der Waals surface area contributed by atoms with Crippen molar-refractivity contribution >= 4 is 27.5 Å². The molecule has 0 saturated heterocycles. The van der Waals surface area contributed by atoms with Crippen LogP contribution in [0.25, 0.3) is 0 Å². The maximum absolute atomic E-state index is 12.3. The number of benzene rings is 2. The van der Waals surface area contributed by atoms with Crippen molar-refractivity contribution < 1.29 is 23.5 Å². The van der Waals surface area contributed by atoms with Gasteiger partial charge in [0, 0.05) is 5.69 Å². The maximum atomic E-state index is 12.3. The fourth-order valence-electron chi connectivity index (χ4n) is 2.64. The molecule has 0 aliphatic heterocycles. The van der Waals surface area contributed by atoms with Gasteiger partial charge in [0.2, 0.25) is 0 Å². The SMILES string of the molecule is COC(=O)c1cc(NC(=O)OCc2ccccc2)cc(C(C)(C)O[SiH2]C(C)(C)C)c1. The molecule has 0 heterocycles. The summed E-state index contributed by atoms with van der Waals surface area (Å²) >= 11 is 0. The molecule has 0 spiro atoms. The van der Waals surface area contributed by atoms with Gasteiger partial charge in [0.15, 0.2) is 9.76 Å². The molecule has 2 rings (SSSR count). The van der Waals surface area contributed by atoms with E-state index < -0.39 is 27.4 Å². The number of carbonyl (C=O) groups excluding carboxylic acids is 2. The van der Waals surface area contributed by atoms with Crippen molar-refractivity contribution in [3.05, 3.63) is 65.2 Å². The molecule has 1 N–H and O–H groups in total. The highest BCUT2D eigenvalue weighted by Crippen LogP contribution is 2.32. The highest BCUT2D eigenvalue weighted by molar-refractivity contribution is 6.31. The molecule has 7 heteroatoms. The average Bonchev–Trinajstić information content (AvgIpc) is 2.70. The Morgan fingerprint density at radius 1 is 1.00 bits per heavy atom. The summed E-state index contributed by atoms with van der Waals surface area (Å²) in [5.41, 5.74) is 1.83. The number of ether oxygens (including phenoxy) is 2. The van der Waals surface area contributed by atoms with Crippen molar-refractivity contribution in [1.82, 2.24) is 0 Å². The second kappa shape index (κ2) is 9.91. The summed E-state index contributed by atoms with van der Waals surface area (Å²) in [6, 6.07) is 14.5. The van der Waals surface area contributed by atoms with Crippen LogP contribution in [0.5, 0.6) is 0 Å². The number of esters is 1. The smallest absolute Gasteiger partial charge is 0.411 e. The first-order chi connectivity index (χ1) is 14.0. The van der Waals surface area contributed by atoms with E-state index in [-0.39, 0.29) is 11.6 Å². The van der Waals surface area contributed by atoms with Crippen LogP contribution in [0.2, 0.25) is 5.04 Å². The first-order valence-electron chi connectivity index (χ1n) is 9.86. The van der Waals surface area contributed by atoms with Crippen LogP contribution < -0.4 is 5.32 Å². The van der Waals surface area contributed by atoms with Crippen molar-refractivity contribution in [2.24, 2.45) is 0 Å². The number of hydrogen-bond acceptors (Lipinski definition) is 5. The average molecular weight is 430 g/mol. The van der Waals surface area contributed by atoms with Gasteiger partial charge in [-0.25, -0.2) is 9.59 Å². The minimum Gasteiger partial charge on any atom is -0.465 e. The third-order valence-electron chi connectivity index (χ3n) is 4.37. The fraction of sp³-hybridized carbons (Fsp3) is 0.391. The fourth-order valence-corrected chi connectivity index (χ4v) is 3.60. The first kappa shape index (κ1) is 23.6. The van der Waals surface area contributed by atoms with Crippen LogP contribution in [-0.2, 0) is 26.1 Å². The molecular formula is C23H31NO5Si. The predicted molar refractivity (Wildman–Crippen MR) is 120 cm³/mol.